The fraction of sp³-hybridized carbons (Fsp3) is 1.00. The van der Waals surface area contributed by atoms with Crippen molar-refractivity contribution >= 4 is 6.98 Å². The Bertz CT molecular complexity index is 154. The van der Waals surface area contributed by atoms with E-state index in [2.05, 4.69) is 0 Å². The van der Waals surface area contributed by atoms with E-state index >= 15 is 0 Å². The predicted octanol–water partition coefficient (Wildman–Crippen LogP) is -0.205. The smallest absolute Gasteiger partial charge is 0.449 e. The van der Waals surface area contributed by atoms with Gasteiger partial charge in [0.2, 0.25) is 0 Å². The van der Waals surface area contributed by atoms with Crippen molar-refractivity contribution < 1.29 is 69.1 Å². The monoisotopic (exact) mass is 220 g/mol. The van der Waals surface area contributed by atoms with E-state index in [1.807, 2.05) is 0 Å². The normalized spacial score (nSPS) is 35.3. The number of rotatable bonds is 1. The SMILES string of the molecule is CC1CC([B-](F)(F)F)CC(C)O1.[K+]. The van der Waals surface area contributed by atoms with Crippen LogP contribution < -0.4 is 51.4 Å². The predicted molar refractivity (Wildman–Crippen MR) is 42.1 cm³/mol. The summed E-state index contributed by atoms with van der Waals surface area (Å²) in [5.74, 6) is -1.11. The zero-order chi connectivity index (χ0) is 9.35. The first kappa shape index (κ1) is 14.5. The van der Waals surface area contributed by atoms with E-state index in [1.54, 1.807) is 13.8 Å². The molecule has 13 heavy (non-hydrogen) atoms. The third-order valence-corrected chi connectivity index (χ3v) is 2.27. The van der Waals surface area contributed by atoms with Gasteiger partial charge in [0.15, 0.2) is 0 Å². The van der Waals surface area contributed by atoms with Crippen LogP contribution in [0.1, 0.15) is 26.7 Å². The van der Waals surface area contributed by atoms with Crippen molar-refractivity contribution in [3.8, 4) is 0 Å². The third kappa shape index (κ3) is 4.66. The molecular weight excluding hydrogens is 207 g/mol. The quantitative estimate of drug-likeness (QED) is 0.556. The maximum Gasteiger partial charge on any atom is 1.00 e. The van der Waals surface area contributed by atoms with Gasteiger partial charge in [0.1, 0.15) is 0 Å². The molecule has 2 unspecified atom stereocenters. The Balaban J connectivity index is 0.00000144. The first-order chi connectivity index (χ1) is 5.39. The molecule has 72 valence electrons. The standard InChI is InChI=1S/C7H13BF3O.K/c1-5-3-7(8(9,10)11)4-6(2)12-5;/h5-7H,3-4H2,1-2H3;/q-1;+1. The van der Waals surface area contributed by atoms with Gasteiger partial charge in [-0.3, -0.25) is 0 Å². The Morgan fingerprint density at radius 2 is 1.46 bits per heavy atom. The summed E-state index contributed by atoms with van der Waals surface area (Å²) >= 11 is 0. The van der Waals surface area contributed by atoms with Crippen LogP contribution >= 0.6 is 0 Å². The van der Waals surface area contributed by atoms with Gasteiger partial charge in [-0.25, -0.2) is 0 Å². The van der Waals surface area contributed by atoms with Crippen molar-refractivity contribution in [1.82, 2.24) is 0 Å². The number of hydrogen-bond donors (Lipinski definition) is 0. The van der Waals surface area contributed by atoms with Gasteiger partial charge < -0.3 is 17.7 Å². The van der Waals surface area contributed by atoms with Gasteiger partial charge in [-0.1, -0.05) is 5.82 Å². The maximum absolute atomic E-state index is 12.3. The number of ether oxygens (including phenoxy) is 1. The molecule has 0 radical (unpaired) electrons. The molecule has 0 aromatic carbocycles. The van der Waals surface area contributed by atoms with Gasteiger partial charge in [0, 0.05) is 0 Å². The van der Waals surface area contributed by atoms with E-state index < -0.39 is 12.8 Å². The Morgan fingerprint density at radius 3 is 1.77 bits per heavy atom. The van der Waals surface area contributed by atoms with Crippen molar-refractivity contribution in [3.63, 3.8) is 0 Å². The van der Waals surface area contributed by atoms with Crippen LogP contribution in [0.4, 0.5) is 12.9 Å². The molecule has 6 heteroatoms. The zero-order valence-corrected chi connectivity index (χ0v) is 11.4. The molecule has 0 bridgehead atoms. The minimum absolute atomic E-state index is 0. The minimum atomic E-state index is -4.67. The van der Waals surface area contributed by atoms with Crippen LogP contribution in [0.5, 0.6) is 0 Å². The number of hydrogen-bond acceptors (Lipinski definition) is 1. The van der Waals surface area contributed by atoms with Crippen LogP contribution in [0.15, 0.2) is 0 Å². The molecule has 0 aromatic rings. The average Bonchev–Trinajstić information content (AvgIpc) is 1.82. The summed E-state index contributed by atoms with van der Waals surface area (Å²) < 4.78 is 42.1. The van der Waals surface area contributed by atoms with Gasteiger partial charge in [-0.2, -0.15) is 0 Å². The van der Waals surface area contributed by atoms with Crippen LogP contribution in [0.2, 0.25) is 5.82 Å². The van der Waals surface area contributed by atoms with Crippen LogP contribution in [-0.4, -0.2) is 19.2 Å². The molecule has 0 spiro atoms. The van der Waals surface area contributed by atoms with Crippen LogP contribution in [0, 0.1) is 0 Å². The second kappa shape index (κ2) is 5.51. The molecule has 0 amide bonds. The topological polar surface area (TPSA) is 9.23 Å². The molecule has 1 aliphatic rings. The van der Waals surface area contributed by atoms with E-state index in [4.69, 9.17) is 4.74 Å². The van der Waals surface area contributed by atoms with Crippen LogP contribution in [-0.2, 0) is 4.74 Å². The van der Waals surface area contributed by atoms with Crippen molar-refractivity contribution in [2.75, 3.05) is 0 Å². The summed E-state index contributed by atoms with van der Waals surface area (Å²) in [5.41, 5.74) is 0. The molecule has 0 aliphatic carbocycles. The molecule has 0 saturated carbocycles. The Labute approximate surface area is 119 Å². The second-order valence-electron chi connectivity index (χ2n) is 3.61. The summed E-state index contributed by atoms with van der Waals surface area (Å²) in [5, 5.41) is 0. The molecule has 1 nitrogen and oxygen atoms in total. The molecule has 1 saturated heterocycles. The van der Waals surface area contributed by atoms with Crippen LogP contribution in [0.3, 0.4) is 0 Å². The van der Waals surface area contributed by atoms with Gasteiger partial charge in [-0.15, -0.1) is 0 Å². The average molecular weight is 220 g/mol. The van der Waals surface area contributed by atoms with Gasteiger partial charge in [-0.05, 0) is 26.7 Å². The molecule has 1 aliphatic heterocycles. The molecule has 2 atom stereocenters. The maximum atomic E-state index is 12.3. The fourth-order valence-electron chi connectivity index (χ4n) is 1.77. The fourth-order valence-corrected chi connectivity index (χ4v) is 1.77. The number of halogens is 3. The minimum Gasteiger partial charge on any atom is -0.449 e. The molecule has 1 rings (SSSR count). The van der Waals surface area contributed by atoms with Gasteiger partial charge in [0.05, 0.1) is 12.2 Å². The largest absolute Gasteiger partial charge is 1.00 e. The summed E-state index contributed by atoms with van der Waals surface area (Å²) in [6.07, 6.45) is -0.230. The summed E-state index contributed by atoms with van der Waals surface area (Å²) in [4.78, 5) is 0. The first-order valence-electron chi connectivity index (χ1n) is 4.25. The van der Waals surface area contributed by atoms with Gasteiger partial charge >= 0.3 is 58.4 Å². The molecule has 1 fully saturated rings. The van der Waals surface area contributed by atoms with Crippen molar-refractivity contribution in [3.05, 3.63) is 0 Å². The van der Waals surface area contributed by atoms with Crippen molar-refractivity contribution in [2.45, 2.75) is 44.7 Å². The van der Waals surface area contributed by atoms with E-state index in [0.717, 1.165) is 0 Å². The summed E-state index contributed by atoms with van der Waals surface area (Å²) in [6.45, 7) is -1.27. The summed E-state index contributed by atoms with van der Waals surface area (Å²) in [7, 11) is 0. The molecular formula is C7H13BF3KO. The molecule has 0 N–H and O–H groups in total. The molecule has 1 heterocycles. The molecule has 0 aromatic heterocycles. The van der Waals surface area contributed by atoms with E-state index in [0.29, 0.717) is 0 Å². The van der Waals surface area contributed by atoms with Crippen molar-refractivity contribution in [1.29, 1.82) is 0 Å². The van der Waals surface area contributed by atoms with Gasteiger partial charge in [0.25, 0.3) is 0 Å². The van der Waals surface area contributed by atoms with E-state index in [-0.39, 0.29) is 76.4 Å². The Morgan fingerprint density at radius 1 is 1.08 bits per heavy atom. The Hall–Kier alpha value is 1.45. The van der Waals surface area contributed by atoms with Crippen LogP contribution in [0.25, 0.3) is 0 Å². The third-order valence-electron chi connectivity index (χ3n) is 2.27. The summed E-state index contributed by atoms with van der Waals surface area (Å²) in [6, 6.07) is 0. The second-order valence-corrected chi connectivity index (χ2v) is 3.61. The zero-order valence-electron chi connectivity index (χ0n) is 8.27. The van der Waals surface area contributed by atoms with Crippen molar-refractivity contribution in [2.24, 2.45) is 0 Å². The van der Waals surface area contributed by atoms with E-state index in [1.165, 1.54) is 0 Å². The first-order valence-corrected chi connectivity index (χ1v) is 4.25. The van der Waals surface area contributed by atoms with E-state index in [9.17, 15) is 12.9 Å². The Kier molecular flexibility index (Phi) is 6.13.